The van der Waals surface area contributed by atoms with Crippen LogP contribution in [0.1, 0.15) is 18.5 Å². The van der Waals surface area contributed by atoms with Crippen molar-refractivity contribution < 1.29 is 9.21 Å². The smallest absolute Gasteiger partial charge is 0.267 e. The number of carbonyl (C=O) groups excluding carboxylic acids is 1. The van der Waals surface area contributed by atoms with Crippen LogP contribution in [0.25, 0.3) is 11.5 Å². The van der Waals surface area contributed by atoms with Gasteiger partial charge in [0.1, 0.15) is 17.6 Å². The maximum atomic E-state index is 12.4. The van der Waals surface area contributed by atoms with Gasteiger partial charge in [0.25, 0.3) is 5.56 Å². The maximum absolute atomic E-state index is 12.4. The molecule has 0 fully saturated rings. The molecule has 24 heavy (non-hydrogen) atoms. The fourth-order valence-corrected chi connectivity index (χ4v) is 2.20. The van der Waals surface area contributed by atoms with Crippen molar-refractivity contribution >= 4 is 11.7 Å². The minimum atomic E-state index is -0.797. The van der Waals surface area contributed by atoms with E-state index in [1.54, 1.807) is 37.4 Å². The van der Waals surface area contributed by atoms with Gasteiger partial charge >= 0.3 is 0 Å². The van der Waals surface area contributed by atoms with Gasteiger partial charge in [0, 0.05) is 12.3 Å². The summed E-state index contributed by atoms with van der Waals surface area (Å²) in [5.74, 6) is 0.582. The predicted octanol–water partition coefficient (Wildman–Crippen LogP) is 2.41. The van der Waals surface area contributed by atoms with E-state index in [1.807, 2.05) is 13.0 Å². The molecule has 0 aliphatic rings. The molecule has 1 amide bonds. The highest BCUT2D eigenvalue weighted by Crippen LogP contribution is 2.16. The average molecular weight is 324 g/mol. The van der Waals surface area contributed by atoms with Gasteiger partial charge in [0.2, 0.25) is 5.91 Å². The van der Waals surface area contributed by atoms with Crippen molar-refractivity contribution in [1.82, 2.24) is 14.8 Å². The van der Waals surface area contributed by atoms with Gasteiger partial charge in [0.05, 0.1) is 6.26 Å². The van der Waals surface area contributed by atoms with E-state index >= 15 is 0 Å². The van der Waals surface area contributed by atoms with Crippen molar-refractivity contribution in [2.75, 3.05) is 5.32 Å². The lowest BCUT2D eigenvalue weighted by Crippen LogP contribution is -2.33. The lowest BCUT2D eigenvalue weighted by Gasteiger charge is -2.14. The number of nitrogens with one attached hydrogen (secondary N) is 1. The fourth-order valence-electron chi connectivity index (χ4n) is 2.20. The van der Waals surface area contributed by atoms with Crippen molar-refractivity contribution in [3.05, 3.63) is 64.8 Å². The first-order valence-electron chi connectivity index (χ1n) is 7.42. The van der Waals surface area contributed by atoms with Crippen molar-refractivity contribution in [3.63, 3.8) is 0 Å². The predicted molar refractivity (Wildman–Crippen MR) is 88.5 cm³/mol. The Hall–Kier alpha value is -3.22. The van der Waals surface area contributed by atoms with Gasteiger partial charge in [-0.1, -0.05) is 0 Å². The maximum Gasteiger partial charge on any atom is 0.267 e. The second-order valence-electron chi connectivity index (χ2n) is 5.36. The molecular weight excluding hydrogens is 308 g/mol. The minimum absolute atomic E-state index is 0.370. The normalized spacial score (nSPS) is 11.9. The fraction of sp³-hybridized carbons (Fsp3) is 0.176. The third-order valence-corrected chi connectivity index (χ3v) is 3.51. The summed E-state index contributed by atoms with van der Waals surface area (Å²) in [5.41, 5.74) is 1.08. The lowest BCUT2D eigenvalue weighted by atomic mass is 10.2. The number of furan rings is 1. The summed E-state index contributed by atoms with van der Waals surface area (Å²) in [4.78, 5) is 28.5. The second-order valence-corrected chi connectivity index (χ2v) is 5.36. The van der Waals surface area contributed by atoms with E-state index in [0.29, 0.717) is 17.3 Å². The molecule has 7 heteroatoms. The highest BCUT2D eigenvalue weighted by Gasteiger charge is 2.19. The molecule has 3 aromatic heterocycles. The summed E-state index contributed by atoms with van der Waals surface area (Å²) in [6.45, 7) is 3.51. The van der Waals surface area contributed by atoms with Crippen LogP contribution >= 0.6 is 0 Å². The van der Waals surface area contributed by atoms with Crippen LogP contribution in [0.3, 0.4) is 0 Å². The third-order valence-electron chi connectivity index (χ3n) is 3.51. The van der Waals surface area contributed by atoms with E-state index in [1.165, 1.54) is 12.3 Å². The number of aromatic nitrogens is 3. The molecule has 1 unspecified atom stereocenters. The molecule has 1 N–H and O–H groups in total. The number of amides is 1. The van der Waals surface area contributed by atoms with E-state index in [4.69, 9.17) is 4.42 Å². The van der Waals surface area contributed by atoms with Crippen LogP contribution in [0.5, 0.6) is 0 Å². The molecule has 0 radical (unpaired) electrons. The average Bonchev–Trinajstić information content (AvgIpc) is 3.09. The molecule has 0 aliphatic carbocycles. The zero-order valence-electron chi connectivity index (χ0n) is 13.3. The van der Waals surface area contributed by atoms with Crippen LogP contribution in [-0.2, 0) is 4.79 Å². The Morgan fingerprint density at radius 3 is 2.83 bits per heavy atom. The number of hydrogen-bond donors (Lipinski definition) is 1. The van der Waals surface area contributed by atoms with Gasteiger partial charge in [-0.15, -0.1) is 0 Å². The number of aryl methyl sites for hydroxylation is 1. The van der Waals surface area contributed by atoms with Crippen LogP contribution in [0.4, 0.5) is 5.82 Å². The van der Waals surface area contributed by atoms with E-state index in [-0.39, 0.29) is 11.5 Å². The van der Waals surface area contributed by atoms with E-state index in [2.05, 4.69) is 15.4 Å². The summed E-state index contributed by atoms with van der Waals surface area (Å²) < 4.78 is 6.40. The summed E-state index contributed by atoms with van der Waals surface area (Å²) in [7, 11) is 0. The van der Waals surface area contributed by atoms with Gasteiger partial charge in [-0.2, -0.15) is 5.10 Å². The van der Waals surface area contributed by atoms with Crippen molar-refractivity contribution in [3.8, 4) is 11.5 Å². The highest BCUT2D eigenvalue weighted by molar-refractivity contribution is 5.92. The topological polar surface area (TPSA) is 90.0 Å². The molecule has 0 saturated heterocycles. The SMILES string of the molecule is Cc1ccnc(NC(=O)C(C)n2nc(-c3ccco3)ccc2=O)c1. The Kier molecular flexibility index (Phi) is 4.24. The van der Waals surface area contributed by atoms with Gasteiger partial charge in [0.15, 0.2) is 5.76 Å². The number of pyridine rings is 1. The summed E-state index contributed by atoms with van der Waals surface area (Å²) in [6.07, 6.45) is 3.13. The quantitative estimate of drug-likeness (QED) is 0.796. The number of rotatable bonds is 4. The molecule has 3 heterocycles. The third kappa shape index (κ3) is 3.24. The summed E-state index contributed by atoms with van der Waals surface area (Å²) in [6, 6.07) is 9.17. The summed E-state index contributed by atoms with van der Waals surface area (Å²) in [5, 5.41) is 6.91. The Labute approximate surface area is 138 Å². The Bertz CT molecular complexity index is 916. The van der Waals surface area contributed by atoms with Crippen molar-refractivity contribution in [2.24, 2.45) is 0 Å². The number of nitrogens with zero attached hydrogens (tertiary/aromatic N) is 3. The lowest BCUT2D eigenvalue weighted by molar-refractivity contribution is -0.119. The number of carbonyl (C=O) groups is 1. The molecule has 122 valence electrons. The molecule has 0 spiro atoms. The molecule has 0 saturated carbocycles. The number of anilines is 1. The molecule has 0 bridgehead atoms. The van der Waals surface area contributed by atoms with Crippen molar-refractivity contribution in [2.45, 2.75) is 19.9 Å². The van der Waals surface area contributed by atoms with Crippen LogP contribution in [0.15, 0.2) is 58.1 Å². The standard InChI is InChI=1S/C17H16N4O3/c1-11-7-8-18-15(10-11)19-17(23)12(2)21-16(22)6-5-13(20-21)14-4-3-9-24-14/h3-10,12H,1-2H3,(H,18,19,23). The van der Waals surface area contributed by atoms with Crippen molar-refractivity contribution in [1.29, 1.82) is 0 Å². The molecule has 7 nitrogen and oxygen atoms in total. The zero-order valence-corrected chi connectivity index (χ0v) is 13.3. The Morgan fingerprint density at radius 2 is 2.12 bits per heavy atom. The van der Waals surface area contributed by atoms with Crippen LogP contribution < -0.4 is 10.9 Å². The van der Waals surface area contributed by atoms with E-state index in [0.717, 1.165) is 10.2 Å². The molecule has 3 rings (SSSR count). The molecule has 3 aromatic rings. The Balaban J connectivity index is 1.86. The zero-order chi connectivity index (χ0) is 17.1. The highest BCUT2D eigenvalue weighted by atomic mass is 16.3. The molecule has 1 atom stereocenters. The summed E-state index contributed by atoms with van der Waals surface area (Å²) >= 11 is 0. The van der Waals surface area contributed by atoms with Crippen LogP contribution in [0, 0.1) is 6.92 Å². The van der Waals surface area contributed by atoms with Crippen LogP contribution in [-0.4, -0.2) is 20.7 Å². The number of hydrogen-bond acceptors (Lipinski definition) is 5. The van der Waals surface area contributed by atoms with E-state index < -0.39 is 6.04 Å². The van der Waals surface area contributed by atoms with Gasteiger partial charge in [-0.25, -0.2) is 9.67 Å². The van der Waals surface area contributed by atoms with E-state index in [9.17, 15) is 9.59 Å². The van der Waals surface area contributed by atoms with Gasteiger partial charge in [-0.05, 0) is 49.7 Å². The molecule has 0 aliphatic heterocycles. The molecular formula is C17H16N4O3. The second kappa shape index (κ2) is 6.49. The monoisotopic (exact) mass is 324 g/mol. The first-order valence-corrected chi connectivity index (χ1v) is 7.42. The largest absolute Gasteiger partial charge is 0.463 e. The Morgan fingerprint density at radius 1 is 1.29 bits per heavy atom. The van der Waals surface area contributed by atoms with Crippen LogP contribution in [0.2, 0.25) is 0 Å². The first-order chi connectivity index (χ1) is 11.5. The first kappa shape index (κ1) is 15.7. The van der Waals surface area contributed by atoms with Gasteiger partial charge < -0.3 is 9.73 Å². The van der Waals surface area contributed by atoms with Gasteiger partial charge in [-0.3, -0.25) is 9.59 Å². The molecule has 0 aromatic carbocycles. The minimum Gasteiger partial charge on any atom is -0.463 e.